The van der Waals surface area contributed by atoms with Gasteiger partial charge in [-0.2, -0.15) is 0 Å². The molecule has 0 atom stereocenters. The first-order chi connectivity index (χ1) is 13.1. The predicted molar refractivity (Wildman–Crippen MR) is 95.7 cm³/mol. The summed E-state index contributed by atoms with van der Waals surface area (Å²) < 4.78 is 15.2. The Bertz CT molecular complexity index is 875. The predicted octanol–water partition coefficient (Wildman–Crippen LogP) is 3.05. The number of carbonyl (C=O) groups excluding carboxylic acids is 2. The van der Waals surface area contributed by atoms with E-state index >= 15 is 0 Å². The van der Waals surface area contributed by atoms with Gasteiger partial charge in [0.25, 0.3) is 0 Å². The Kier molecular flexibility index (Phi) is 5.38. The number of hydrogen-bond donors (Lipinski definition) is 1. The first-order valence-corrected chi connectivity index (χ1v) is 8.22. The second-order valence-corrected chi connectivity index (χ2v) is 5.77. The van der Waals surface area contributed by atoms with Crippen molar-refractivity contribution in [2.45, 2.75) is 12.2 Å². The SMILES string of the molecule is COC(=O)c1ccoc1COC(=O)C(O)(c1ccccc1)c1ccccc1. The quantitative estimate of drug-likeness (QED) is 0.675. The van der Waals surface area contributed by atoms with Gasteiger partial charge in [0.15, 0.2) is 5.76 Å². The van der Waals surface area contributed by atoms with Crippen molar-refractivity contribution >= 4 is 11.9 Å². The molecule has 1 aromatic heterocycles. The van der Waals surface area contributed by atoms with E-state index in [0.717, 1.165) is 0 Å². The van der Waals surface area contributed by atoms with Gasteiger partial charge in [0.2, 0.25) is 5.60 Å². The summed E-state index contributed by atoms with van der Waals surface area (Å²) in [5.74, 6) is -1.35. The fourth-order valence-electron chi connectivity index (χ4n) is 2.74. The smallest absolute Gasteiger partial charge is 0.348 e. The first-order valence-electron chi connectivity index (χ1n) is 8.22. The summed E-state index contributed by atoms with van der Waals surface area (Å²) in [4.78, 5) is 24.6. The zero-order valence-electron chi connectivity index (χ0n) is 14.6. The molecule has 0 bridgehead atoms. The molecular weight excluding hydrogens is 348 g/mol. The molecule has 0 radical (unpaired) electrons. The molecule has 27 heavy (non-hydrogen) atoms. The van der Waals surface area contributed by atoms with Gasteiger partial charge in [-0.1, -0.05) is 60.7 Å². The monoisotopic (exact) mass is 366 g/mol. The molecule has 0 saturated heterocycles. The molecule has 3 rings (SSSR count). The lowest BCUT2D eigenvalue weighted by atomic mass is 9.86. The number of ether oxygens (including phenoxy) is 2. The maximum absolute atomic E-state index is 12.9. The lowest BCUT2D eigenvalue weighted by Crippen LogP contribution is -2.38. The summed E-state index contributed by atoms with van der Waals surface area (Å²) in [6.07, 6.45) is 1.30. The number of furan rings is 1. The third-order valence-electron chi connectivity index (χ3n) is 4.16. The average Bonchev–Trinajstić information content (AvgIpc) is 3.20. The van der Waals surface area contributed by atoms with Crippen LogP contribution in [-0.2, 0) is 26.5 Å². The summed E-state index contributed by atoms with van der Waals surface area (Å²) in [5, 5.41) is 11.3. The number of benzene rings is 2. The summed E-state index contributed by atoms with van der Waals surface area (Å²) in [6, 6.07) is 18.4. The lowest BCUT2D eigenvalue weighted by Gasteiger charge is -2.26. The second-order valence-electron chi connectivity index (χ2n) is 5.77. The highest BCUT2D eigenvalue weighted by Gasteiger charge is 2.41. The van der Waals surface area contributed by atoms with E-state index in [2.05, 4.69) is 4.74 Å². The normalized spacial score (nSPS) is 11.0. The average molecular weight is 366 g/mol. The van der Waals surface area contributed by atoms with Gasteiger partial charge in [0.1, 0.15) is 12.2 Å². The van der Waals surface area contributed by atoms with Crippen LogP contribution < -0.4 is 0 Å². The molecule has 1 heterocycles. The van der Waals surface area contributed by atoms with E-state index in [1.165, 1.54) is 19.4 Å². The van der Waals surface area contributed by atoms with E-state index < -0.39 is 17.5 Å². The molecule has 138 valence electrons. The van der Waals surface area contributed by atoms with Gasteiger partial charge in [-0.15, -0.1) is 0 Å². The molecule has 0 aliphatic rings. The molecule has 2 aromatic carbocycles. The number of hydrogen-bond acceptors (Lipinski definition) is 6. The summed E-state index contributed by atoms with van der Waals surface area (Å²) in [5.41, 5.74) is -1.10. The van der Waals surface area contributed by atoms with Crippen LogP contribution >= 0.6 is 0 Å². The van der Waals surface area contributed by atoms with Crippen molar-refractivity contribution in [1.82, 2.24) is 0 Å². The maximum atomic E-state index is 12.9. The van der Waals surface area contributed by atoms with Gasteiger partial charge < -0.3 is 19.0 Å². The molecule has 3 aromatic rings. The van der Waals surface area contributed by atoms with E-state index in [1.807, 2.05) is 0 Å². The van der Waals surface area contributed by atoms with Crippen LogP contribution in [0, 0.1) is 0 Å². The van der Waals surface area contributed by atoms with Crippen molar-refractivity contribution in [3.05, 3.63) is 95.4 Å². The number of methoxy groups -OCH3 is 1. The van der Waals surface area contributed by atoms with Crippen molar-refractivity contribution in [2.75, 3.05) is 7.11 Å². The standard InChI is InChI=1S/C21H18O6/c1-25-19(22)17-12-13-26-18(17)14-27-20(23)21(24,15-8-4-2-5-9-15)16-10-6-3-7-11-16/h2-13,24H,14H2,1H3. The lowest BCUT2D eigenvalue weighted by molar-refractivity contribution is -0.164. The van der Waals surface area contributed by atoms with Gasteiger partial charge in [0, 0.05) is 0 Å². The minimum atomic E-state index is -2.00. The molecule has 0 amide bonds. The number of rotatable bonds is 6. The summed E-state index contributed by atoms with van der Waals surface area (Å²) in [7, 11) is 1.24. The zero-order valence-corrected chi connectivity index (χ0v) is 14.6. The van der Waals surface area contributed by atoms with Crippen LogP contribution in [0.25, 0.3) is 0 Å². The van der Waals surface area contributed by atoms with E-state index in [4.69, 9.17) is 9.15 Å². The fraction of sp³-hybridized carbons (Fsp3) is 0.143. The number of carbonyl (C=O) groups is 2. The minimum Gasteiger partial charge on any atom is -0.465 e. The summed E-state index contributed by atoms with van der Waals surface area (Å²) in [6.45, 7) is -0.321. The number of aliphatic hydroxyl groups is 1. The van der Waals surface area contributed by atoms with Crippen LogP contribution in [-0.4, -0.2) is 24.2 Å². The third kappa shape index (κ3) is 3.61. The highest BCUT2D eigenvalue weighted by Crippen LogP contribution is 2.31. The Hall–Kier alpha value is -3.38. The molecule has 0 aliphatic heterocycles. The van der Waals surface area contributed by atoms with Crippen LogP contribution in [0.2, 0.25) is 0 Å². The van der Waals surface area contributed by atoms with Gasteiger partial charge in [-0.3, -0.25) is 0 Å². The van der Waals surface area contributed by atoms with Gasteiger partial charge in [0.05, 0.1) is 13.4 Å². The minimum absolute atomic E-state index is 0.138. The molecule has 0 spiro atoms. The Morgan fingerprint density at radius 1 is 0.963 bits per heavy atom. The molecule has 0 saturated carbocycles. The van der Waals surface area contributed by atoms with Gasteiger partial charge in [-0.05, 0) is 17.2 Å². The van der Waals surface area contributed by atoms with Crippen LogP contribution in [0.4, 0.5) is 0 Å². The van der Waals surface area contributed by atoms with Gasteiger partial charge in [-0.25, -0.2) is 9.59 Å². The molecule has 0 aliphatic carbocycles. The maximum Gasteiger partial charge on any atom is 0.348 e. The summed E-state index contributed by atoms with van der Waals surface area (Å²) >= 11 is 0. The highest BCUT2D eigenvalue weighted by atomic mass is 16.6. The van der Waals surface area contributed by atoms with E-state index in [1.54, 1.807) is 60.7 Å². The van der Waals surface area contributed by atoms with Crippen LogP contribution in [0.5, 0.6) is 0 Å². The molecule has 1 N–H and O–H groups in total. The van der Waals surface area contributed by atoms with E-state index in [-0.39, 0.29) is 17.9 Å². The van der Waals surface area contributed by atoms with Crippen molar-refractivity contribution < 1.29 is 28.6 Å². The van der Waals surface area contributed by atoms with Gasteiger partial charge >= 0.3 is 11.9 Å². The Morgan fingerprint density at radius 3 is 2.04 bits per heavy atom. The highest BCUT2D eigenvalue weighted by molar-refractivity contribution is 5.90. The molecular formula is C21H18O6. The molecule has 6 heteroatoms. The van der Waals surface area contributed by atoms with Crippen LogP contribution in [0.3, 0.4) is 0 Å². The van der Waals surface area contributed by atoms with Crippen molar-refractivity contribution in [3.8, 4) is 0 Å². The topological polar surface area (TPSA) is 86.0 Å². The largest absolute Gasteiger partial charge is 0.465 e. The van der Waals surface area contributed by atoms with Crippen molar-refractivity contribution in [3.63, 3.8) is 0 Å². The van der Waals surface area contributed by atoms with Crippen molar-refractivity contribution in [2.24, 2.45) is 0 Å². The van der Waals surface area contributed by atoms with E-state index in [0.29, 0.717) is 11.1 Å². The fourth-order valence-corrected chi connectivity index (χ4v) is 2.74. The molecule has 0 fully saturated rings. The van der Waals surface area contributed by atoms with Crippen molar-refractivity contribution in [1.29, 1.82) is 0 Å². The Balaban J connectivity index is 1.89. The molecule has 6 nitrogen and oxygen atoms in total. The van der Waals surface area contributed by atoms with Crippen LogP contribution in [0.1, 0.15) is 27.2 Å². The van der Waals surface area contributed by atoms with E-state index in [9.17, 15) is 14.7 Å². The second kappa shape index (κ2) is 7.88. The Morgan fingerprint density at radius 2 is 1.52 bits per heavy atom. The first kappa shape index (κ1) is 18.4. The Labute approximate surface area is 156 Å². The third-order valence-corrected chi connectivity index (χ3v) is 4.16. The molecule has 0 unspecified atom stereocenters. The number of esters is 2. The zero-order chi connectivity index (χ0) is 19.3. The van der Waals surface area contributed by atoms with Crippen LogP contribution in [0.15, 0.2) is 77.4 Å².